The van der Waals surface area contributed by atoms with Crippen LogP contribution in [0.5, 0.6) is 0 Å². The van der Waals surface area contributed by atoms with E-state index in [2.05, 4.69) is 194 Å². The zero-order valence-corrected chi connectivity index (χ0v) is 34.5. The summed E-state index contributed by atoms with van der Waals surface area (Å²) in [6, 6.07) is 60.4. The third kappa shape index (κ3) is 4.62. The Morgan fingerprint density at radius 3 is 1.79 bits per heavy atom. The lowest BCUT2D eigenvalue weighted by Gasteiger charge is -2.38. The monoisotopic (exact) mass is 786 g/mol. The molecule has 2 atom stereocenters. The van der Waals surface area contributed by atoms with Crippen molar-refractivity contribution in [1.82, 2.24) is 0 Å². The lowest BCUT2D eigenvalue weighted by atomic mass is 9.64. The molecule has 5 aliphatic carbocycles. The molecule has 5 aliphatic rings. The number of rotatable bonds is 4. The quantitative estimate of drug-likeness (QED) is 0.156. The topological polar surface area (TPSA) is 0 Å². The fraction of sp³-hybridized carbons (Fsp3) is 0.0968. The van der Waals surface area contributed by atoms with Crippen molar-refractivity contribution in [2.75, 3.05) is 0 Å². The van der Waals surface area contributed by atoms with E-state index in [9.17, 15) is 0 Å². The van der Waals surface area contributed by atoms with Crippen LogP contribution in [0.3, 0.4) is 0 Å². The first-order valence-electron chi connectivity index (χ1n) is 22.6. The van der Waals surface area contributed by atoms with E-state index in [-0.39, 0.29) is 11.8 Å². The number of benzene rings is 9. The van der Waals surface area contributed by atoms with Crippen molar-refractivity contribution in [1.29, 1.82) is 0 Å². The van der Waals surface area contributed by atoms with Crippen molar-refractivity contribution >= 4 is 54.2 Å². The molecule has 0 saturated heterocycles. The van der Waals surface area contributed by atoms with Gasteiger partial charge in [0, 0.05) is 11.8 Å². The van der Waals surface area contributed by atoms with Crippen molar-refractivity contribution in [2.24, 2.45) is 0 Å². The molecule has 0 aliphatic heterocycles. The van der Waals surface area contributed by atoms with Gasteiger partial charge in [-0.2, -0.15) is 0 Å². The van der Waals surface area contributed by atoms with Crippen LogP contribution in [0.25, 0.3) is 98.7 Å². The highest BCUT2D eigenvalue weighted by Gasteiger charge is 2.45. The van der Waals surface area contributed by atoms with E-state index in [0.717, 1.165) is 25.7 Å². The average Bonchev–Trinajstić information content (AvgIpc) is 3.85. The van der Waals surface area contributed by atoms with Gasteiger partial charge in [-0.25, -0.2) is 0 Å². The zero-order chi connectivity index (χ0) is 40.5. The summed E-state index contributed by atoms with van der Waals surface area (Å²) in [6.45, 7) is 0. The van der Waals surface area contributed by atoms with E-state index in [4.69, 9.17) is 0 Å². The first kappa shape index (κ1) is 34.4. The van der Waals surface area contributed by atoms with Crippen LogP contribution in [-0.4, -0.2) is 0 Å². The van der Waals surface area contributed by atoms with Crippen LogP contribution in [0.4, 0.5) is 0 Å². The lowest BCUT2D eigenvalue weighted by Crippen LogP contribution is -2.21. The standard InChI is InChI=1S/C62H42/c1-5-17-39(18-6-1)53-49-35-33-44-43(57(49)55(41-21-9-3-10-22-41)61-47-31-15-27-37-25-13-29-45(51(37)47)59(53)61)34-36-50-54(40-19-7-2-8-20-40)60-46-30-14-26-38-28-16-32-48(52(38)46)62(60)56(58(44)50)42-23-11-4-12-24-42/h1-3,5-7,9-11,13-19,21-36,56,62H,4,8,12,20H2. The molecule has 2 unspecified atom stereocenters. The fourth-order valence-corrected chi connectivity index (χ4v) is 12.6. The number of hydrogen-bond acceptors (Lipinski definition) is 0. The van der Waals surface area contributed by atoms with Gasteiger partial charge in [-0.1, -0.05) is 194 Å². The number of allylic oxidation sites excluding steroid dienone is 10. The highest BCUT2D eigenvalue weighted by atomic mass is 14.5. The Labute approximate surface area is 362 Å². The second-order valence-corrected chi connectivity index (χ2v) is 17.9. The molecule has 0 amide bonds. The van der Waals surface area contributed by atoms with E-state index in [0.29, 0.717) is 0 Å². The fourth-order valence-electron chi connectivity index (χ4n) is 12.6. The van der Waals surface area contributed by atoms with Gasteiger partial charge < -0.3 is 0 Å². The molecular formula is C62H42. The maximum Gasteiger partial charge on any atom is 0.0218 e. The normalized spacial score (nSPS) is 18.1. The van der Waals surface area contributed by atoms with Gasteiger partial charge in [-0.15, -0.1) is 0 Å². The van der Waals surface area contributed by atoms with E-state index in [1.54, 1.807) is 0 Å². The summed E-state index contributed by atoms with van der Waals surface area (Å²) < 4.78 is 0. The van der Waals surface area contributed by atoms with Gasteiger partial charge in [0.05, 0.1) is 0 Å². The van der Waals surface area contributed by atoms with E-state index < -0.39 is 0 Å². The molecule has 14 rings (SSSR count). The summed E-state index contributed by atoms with van der Waals surface area (Å²) in [7, 11) is 0. The zero-order valence-electron chi connectivity index (χ0n) is 34.5. The van der Waals surface area contributed by atoms with Crippen LogP contribution >= 0.6 is 0 Å². The highest BCUT2D eigenvalue weighted by Crippen LogP contribution is 2.64. The Morgan fingerprint density at radius 1 is 0.419 bits per heavy atom. The number of fused-ring (bicyclic) bond motifs is 11. The van der Waals surface area contributed by atoms with Crippen LogP contribution in [0.15, 0.2) is 205 Å². The molecule has 0 fully saturated rings. The summed E-state index contributed by atoms with van der Waals surface area (Å²) in [5.74, 6) is 0.377. The lowest BCUT2D eigenvalue weighted by molar-refractivity contribution is 0.727. The first-order valence-corrected chi connectivity index (χ1v) is 22.6. The van der Waals surface area contributed by atoms with E-state index in [1.807, 2.05) is 0 Å². The molecular weight excluding hydrogens is 745 g/mol. The molecule has 0 bridgehead atoms. The second-order valence-electron chi connectivity index (χ2n) is 17.9. The molecule has 0 saturated carbocycles. The molecule has 290 valence electrons. The van der Waals surface area contributed by atoms with Crippen LogP contribution in [0.1, 0.15) is 59.8 Å². The van der Waals surface area contributed by atoms with Crippen LogP contribution in [0, 0.1) is 0 Å². The Hall–Kier alpha value is -7.28. The maximum atomic E-state index is 2.57. The van der Waals surface area contributed by atoms with Gasteiger partial charge in [-0.05, 0) is 158 Å². The van der Waals surface area contributed by atoms with Crippen molar-refractivity contribution in [3.63, 3.8) is 0 Å². The van der Waals surface area contributed by atoms with E-state index >= 15 is 0 Å². The third-order valence-electron chi connectivity index (χ3n) is 14.9. The summed E-state index contributed by atoms with van der Waals surface area (Å²) in [4.78, 5) is 0. The molecule has 0 nitrogen and oxygen atoms in total. The van der Waals surface area contributed by atoms with Gasteiger partial charge in [0.25, 0.3) is 0 Å². The van der Waals surface area contributed by atoms with Crippen molar-refractivity contribution < 1.29 is 0 Å². The Kier molecular flexibility index (Phi) is 7.28. The van der Waals surface area contributed by atoms with Crippen molar-refractivity contribution in [2.45, 2.75) is 37.5 Å². The summed E-state index contributed by atoms with van der Waals surface area (Å²) in [6.07, 6.45) is 18.8. The van der Waals surface area contributed by atoms with Crippen LogP contribution < -0.4 is 0 Å². The van der Waals surface area contributed by atoms with Crippen molar-refractivity contribution in [3.05, 3.63) is 228 Å². The molecule has 0 N–H and O–H groups in total. The number of hydrogen-bond donors (Lipinski definition) is 0. The average molecular weight is 787 g/mol. The molecule has 0 aromatic heterocycles. The molecule has 9 aromatic carbocycles. The Balaban J connectivity index is 1.18. The summed E-state index contributed by atoms with van der Waals surface area (Å²) in [5.41, 5.74) is 22.3. The maximum absolute atomic E-state index is 2.57. The van der Waals surface area contributed by atoms with Gasteiger partial charge in [0.1, 0.15) is 0 Å². The van der Waals surface area contributed by atoms with E-state index in [1.165, 1.54) is 132 Å². The van der Waals surface area contributed by atoms with Crippen LogP contribution in [0.2, 0.25) is 0 Å². The molecule has 9 aromatic rings. The third-order valence-corrected chi connectivity index (χ3v) is 14.9. The van der Waals surface area contributed by atoms with Crippen molar-refractivity contribution in [3.8, 4) is 44.5 Å². The molecule has 0 radical (unpaired) electrons. The smallest absolute Gasteiger partial charge is 0.0218 e. The Morgan fingerprint density at radius 2 is 1.08 bits per heavy atom. The predicted molar refractivity (Wildman–Crippen MR) is 263 cm³/mol. The predicted octanol–water partition coefficient (Wildman–Crippen LogP) is 16.9. The minimum Gasteiger partial charge on any atom is -0.0842 e. The Bertz CT molecular complexity index is 3590. The minimum absolute atomic E-state index is 0.167. The second kappa shape index (κ2) is 13.1. The van der Waals surface area contributed by atoms with Gasteiger partial charge in [0.2, 0.25) is 0 Å². The molecule has 62 heavy (non-hydrogen) atoms. The molecule has 0 heterocycles. The van der Waals surface area contributed by atoms with Gasteiger partial charge in [0.15, 0.2) is 0 Å². The van der Waals surface area contributed by atoms with Gasteiger partial charge in [-0.3, -0.25) is 0 Å². The minimum atomic E-state index is 0.167. The first-order chi connectivity index (χ1) is 30.8. The summed E-state index contributed by atoms with van der Waals surface area (Å²) in [5, 5.41) is 10.8. The molecule has 0 spiro atoms. The summed E-state index contributed by atoms with van der Waals surface area (Å²) >= 11 is 0. The SMILES string of the molecule is C1=CCCC(C2=C3c4cccc5cccc(c45)C3C(C3=CCCC=C3)c3c2ccc2c3ccc3c(-c4ccccc4)c4c(c(-c5ccccc5)c32)-c2cccc3cccc-4c23)=C1. The van der Waals surface area contributed by atoms with Crippen LogP contribution in [-0.2, 0) is 0 Å². The molecule has 0 heteroatoms. The largest absolute Gasteiger partial charge is 0.0842 e. The highest BCUT2D eigenvalue weighted by molar-refractivity contribution is 6.32. The van der Waals surface area contributed by atoms with Gasteiger partial charge >= 0.3 is 0 Å².